The molecule has 17 heteroatoms. The van der Waals surface area contributed by atoms with E-state index in [2.05, 4.69) is 24.2 Å². The summed E-state index contributed by atoms with van der Waals surface area (Å²) in [4.78, 5) is 10.7. The van der Waals surface area contributed by atoms with E-state index < -0.39 is 41.7 Å². The molecule has 390 valence electrons. The van der Waals surface area contributed by atoms with Crippen LogP contribution in [0.15, 0.2) is 113 Å². The quantitative estimate of drug-likeness (QED) is 0.0131. The summed E-state index contributed by atoms with van der Waals surface area (Å²) < 4.78 is 132. The zero-order valence-corrected chi connectivity index (χ0v) is 41.1. The molecule has 0 saturated carbocycles. The maximum absolute atomic E-state index is 14.1. The minimum absolute atomic E-state index is 0.0223. The summed E-state index contributed by atoms with van der Waals surface area (Å²) in [7, 11) is 0. The van der Waals surface area contributed by atoms with Crippen molar-refractivity contribution < 1.29 is 53.9 Å². The first-order valence-electron chi connectivity index (χ1n) is 24.1. The van der Waals surface area contributed by atoms with Gasteiger partial charge in [-0.1, -0.05) is 137 Å². The lowest BCUT2D eigenvalue weighted by molar-refractivity contribution is -0.396. The molecule has 5 aromatic rings. The van der Waals surface area contributed by atoms with Crippen LogP contribution < -0.4 is 9.47 Å². The van der Waals surface area contributed by atoms with Gasteiger partial charge in [-0.3, -0.25) is 15.1 Å². The third-order valence-corrected chi connectivity index (χ3v) is 11.6. The van der Waals surface area contributed by atoms with E-state index in [1.807, 2.05) is 105 Å². The number of nitro groups is 1. The summed E-state index contributed by atoms with van der Waals surface area (Å²) in [5.74, 6) is -17.8. The fourth-order valence-corrected chi connectivity index (χ4v) is 7.25. The average Bonchev–Trinajstić information content (AvgIpc) is 3.36. The van der Waals surface area contributed by atoms with Crippen molar-refractivity contribution in [2.75, 3.05) is 19.8 Å². The summed E-state index contributed by atoms with van der Waals surface area (Å²) in [6.07, 6.45) is 7.26. The Morgan fingerprint density at radius 3 is 1.55 bits per heavy atom. The molecule has 73 heavy (non-hydrogen) atoms. The Bertz CT molecular complexity index is 2690. The van der Waals surface area contributed by atoms with Crippen LogP contribution in [-0.4, -0.2) is 53.6 Å². The normalized spacial score (nSPS) is 12.7. The summed E-state index contributed by atoms with van der Waals surface area (Å²) in [5, 5.41) is 21.8. The zero-order valence-electron chi connectivity index (χ0n) is 41.1. The Kier molecular flexibility index (Phi) is 20.4. The van der Waals surface area contributed by atoms with Crippen molar-refractivity contribution in [3.05, 3.63) is 163 Å². The van der Waals surface area contributed by atoms with E-state index in [0.29, 0.717) is 55.4 Å². The summed E-state index contributed by atoms with van der Waals surface area (Å²) >= 11 is 0. The highest BCUT2D eigenvalue weighted by atomic mass is 19.4. The van der Waals surface area contributed by atoms with Gasteiger partial charge in [0.25, 0.3) is 5.69 Å². The van der Waals surface area contributed by atoms with Crippen LogP contribution in [0.1, 0.15) is 116 Å². The molecule has 0 atom stereocenters. The smallest absolute Gasteiger partial charge is 0.460 e. The maximum atomic E-state index is 14.1. The monoisotopic (exact) mass is 1020 g/mol. The minimum Gasteiger partial charge on any atom is -0.493 e. The first-order valence-corrected chi connectivity index (χ1v) is 24.1. The first kappa shape index (κ1) is 57.0. The van der Waals surface area contributed by atoms with E-state index in [-0.39, 0.29) is 17.8 Å². The molecule has 0 aliphatic heterocycles. The fourth-order valence-electron chi connectivity index (χ4n) is 7.25. The predicted octanol–water partition coefficient (Wildman–Crippen LogP) is 17.3. The number of halogens is 9. The Hall–Kier alpha value is -6.91. The lowest BCUT2D eigenvalue weighted by Crippen LogP contribution is -2.60. The Balaban J connectivity index is 1.24. The van der Waals surface area contributed by atoms with Crippen molar-refractivity contribution in [1.29, 1.82) is 0 Å². The molecule has 0 N–H and O–H groups in total. The minimum atomic E-state index is -6.91. The van der Waals surface area contributed by atoms with Crippen molar-refractivity contribution in [3.63, 3.8) is 0 Å². The maximum Gasteiger partial charge on any atom is 0.460 e. The highest BCUT2D eigenvalue weighted by molar-refractivity contribution is 5.79. The van der Waals surface area contributed by atoms with Gasteiger partial charge in [0.1, 0.15) is 11.5 Å². The van der Waals surface area contributed by atoms with E-state index in [1.165, 1.54) is 36.4 Å². The second kappa shape index (κ2) is 26.2. The van der Waals surface area contributed by atoms with Crippen molar-refractivity contribution >= 4 is 47.8 Å². The Morgan fingerprint density at radius 2 is 1.07 bits per heavy atom. The summed E-state index contributed by atoms with van der Waals surface area (Å²) in [6.45, 7) is 9.93. The number of nitrogens with zero attached hydrogens (tertiary/aromatic N) is 4. The standard InChI is InChI=1S/C56H59F9N4O4/c1-5-9-34-72-51-38-48(27-22-42-23-28-49(29-24-42)69(70)71)52(73-35-10-6-2)37-47(51)26-21-41-13-11-40(12-14-41)15-18-44-25-30-50(46(8-4)36-44)66-67-68(33-7-3)39-45-19-16-43(17-20-45)31-32-53(57,58)54(59,60)55(61,62)56(63,64)65/h11-30,36-38H,5-10,31-35,39H2,1-4H3/b18-15+,26-21+,27-22+,67-66?. The number of hydrogen-bond donors (Lipinski definition) is 0. The molecule has 0 heterocycles. The largest absolute Gasteiger partial charge is 0.493 e. The molecule has 0 saturated heterocycles. The van der Waals surface area contributed by atoms with Gasteiger partial charge in [0.2, 0.25) is 0 Å². The molecule has 0 aromatic heterocycles. The van der Waals surface area contributed by atoms with Crippen LogP contribution in [0, 0.1) is 10.1 Å². The first-order chi connectivity index (χ1) is 34.7. The molecule has 0 unspecified atom stereocenters. The number of alkyl halides is 9. The molecule has 5 aromatic carbocycles. The molecule has 0 fully saturated rings. The number of ether oxygens (including phenoxy) is 2. The van der Waals surface area contributed by atoms with Crippen LogP contribution in [0.5, 0.6) is 11.5 Å². The number of hydrogen-bond acceptors (Lipinski definition) is 6. The second-order valence-corrected chi connectivity index (χ2v) is 17.3. The zero-order chi connectivity index (χ0) is 53.2. The van der Waals surface area contributed by atoms with Gasteiger partial charge in [0.15, 0.2) is 0 Å². The van der Waals surface area contributed by atoms with E-state index in [4.69, 9.17) is 9.47 Å². The Morgan fingerprint density at radius 1 is 0.589 bits per heavy atom. The van der Waals surface area contributed by atoms with E-state index in [0.717, 1.165) is 64.6 Å². The lowest BCUT2D eigenvalue weighted by atomic mass is 9.97. The van der Waals surface area contributed by atoms with Crippen LogP contribution in [0.3, 0.4) is 0 Å². The number of rotatable bonds is 27. The van der Waals surface area contributed by atoms with Gasteiger partial charge in [0.05, 0.1) is 30.4 Å². The SMILES string of the molecule is CCCCOc1cc(/C=C/c2ccc([N+](=O)[O-])cc2)c(OCCCC)cc1/C=C/c1ccc(/C=C/c2ccc(N=NN(CCC)Cc3ccc(CCC(F)(F)C(F)(F)C(F)(F)C(F)(F)F)cc3)c(CC)c2)cc1. The molecule has 0 bridgehead atoms. The van der Waals surface area contributed by atoms with E-state index in [1.54, 1.807) is 17.1 Å². The van der Waals surface area contributed by atoms with Crippen molar-refractivity contribution in [3.8, 4) is 11.5 Å². The molecular weight excluding hydrogens is 964 g/mol. The van der Waals surface area contributed by atoms with Gasteiger partial charge in [-0.25, -0.2) is 0 Å². The molecule has 0 amide bonds. The molecular formula is C56H59F9N4O4. The van der Waals surface area contributed by atoms with Crippen molar-refractivity contribution in [2.45, 2.75) is 110 Å². The van der Waals surface area contributed by atoms with Crippen LogP contribution in [0.2, 0.25) is 0 Å². The van der Waals surface area contributed by atoms with Gasteiger partial charge < -0.3 is 9.47 Å². The van der Waals surface area contributed by atoms with Gasteiger partial charge in [-0.05, 0) is 107 Å². The third kappa shape index (κ3) is 15.8. The number of nitro benzene ring substituents is 1. The predicted molar refractivity (Wildman–Crippen MR) is 270 cm³/mol. The van der Waals surface area contributed by atoms with Gasteiger partial charge >= 0.3 is 23.9 Å². The topological polar surface area (TPSA) is 89.6 Å². The Labute approximate surface area is 420 Å². The number of non-ortho nitro benzene ring substituents is 1. The molecule has 5 rings (SSSR count). The van der Waals surface area contributed by atoms with Crippen LogP contribution >= 0.6 is 0 Å². The molecule has 0 spiro atoms. The van der Waals surface area contributed by atoms with Gasteiger partial charge in [0, 0.05) is 36.2 Å². The summed E-state index contributed by atoms with van der Waals surface area (Å²) in [5.41, 5.74) is 7.67. The highest BCUT2D eigenvalue weighted by Gasteiger charge is 2.81. The molecule has 0 radical (unpaired) electrons. The second-order valence-electron chi connectivity index (χ2n) is 17.3. The number of unbranched alkanes of at least 4 members (excludes halogenated alkanes) is 2. The lowest BCUT2D eigenvalue weighted by Gasteiger charge is -2.33. The molecule has 8 nitrogen and oxygen atoms in total. The van der Waals surface area contributed by atoms with E-state index >= 15 is 0 Å². The van der Waals surface area contributed by atoms with Crippen LogP contribution in [0.25, 0.3) is 36.5 Å². The van der Waals surface area contributed by atoms with Crippen LogP contribution in [-0.2, 0) is 19.4 Å². The average molecular weight is 1020 g/mol. The highest BCUT2D eigenvalue weighted by Crippen LogP contribution is 2.54. The van der Waals surface area contributed by atoms with Gasteiger partial charge in [-0.2, -0.15) is 39.5 Å². The van der Waals surface area contributed by atoms with Crippen molar-refractivity contribution in [2.24, 2.45) is 10.3 Å². The van der Waals surface area contributed by atoms with Gasteiger partial charge in [-0.15, -0.1) is 5.11 Å². The fraction of sp³-hybridized carbons (Fsp3) is 0.357. The van der Waals surface area contributed by atoms with E-state index in [9.17, 15) is 49.6 Å². The molecule has 0 aliphatic carbocycles. The third-order valence-electron chi connectivity index (χ3n) is 11.6. The van der Waals surface area contributed by atoms with Crippen molar-refractivity contribution in [1.82, 2.24) is 5.01 Å². The number of aryl methyl sites for hydroxylation is 2. The molecule has 0 aliphatic rings. The summed E-state index contributed by atoms with van der Waals surface area (Å²) in [6, 6.07) is 29.8. The number of benzene rings is 5. The van der Waals surface area contributed by atoms with Crippen LogP contribution in [0.4, 0.5) is 50.9 Å².